The van der Waals surface area contributed by atoms with Crippen LogP contribution in [0.5, 0.6) is 5.88 Å². The van der Waals surface area contributed by atoms with Crippen molar-refractivity contribution in [1.82, 2.24) is 24.5 Å². The molecule has 0 aromatic carbocycles. The Labute approximate surface area is 193 Å². The second kappa shape index (κ2) is 8.31. The van der Waals surface area contributed by atoms with Crippen LogP contribution in [0.15, 0.2) is 41.1 Å². The van der Waals surface area contributed by atoms with Gasteiger partial charge in [-0.15, -0.1) is 5.10 Å². The summed E-state index contributed by atoms with van der Waals surface area (Å²) in [5.74, 6) is 2.14. The minimum Gasteiger partial charge on any atom is -0.475 e. The van der Waals surface area contributed by atoms with Gasteiger partial charge in [-0.2, -0.15) is 0 Å². The molecule has 0 saturated carbocycles. The van der Waals surface area contributed by atoms with E-state index < -0.39 is 0 Å². The second-order valence-electron chi connectivity index (χ2n) is 9.68. The average Bonchev–Trinajstić information content (AvgIpc) is 3.40. The van der Waals surface area contributed by atoms with Crippen molar-refractivity contribution in [2.45, 2.75) is 39.3 Å². The molecule has 1 aliphatic rings. The van der Waals surface area contributed by atoms with E-state index in [9.17, 15) is 0 Å². The zero-order valence-electron chi connectivity index (χ0n) is 19.7. The highest BCUT2D eigenvalue weighted by Gasteiger charge is 2.27. The first-order valence-electron chi connectivity index (χ1n) is 11.4. The molecule has 2 N–H and O–H groups in total. The molecule has 0 spiro atoms. The van der Waals surface area contributed by atoms with Gasteiger partial charge in [0.15, 0.2) is 11.4 Å². The number of anilines is 1. The Hall–Kier alpha value is -3.17. The fourth-order valence-corrected chi connectivity index (χ4v) is 4.23. The van der Waals surface area contributed by atoms with E-state index in [0.717, 1.165) is 54.3 Å². The minimum absolute atomic E-state index is 0.0729. The van der Waals surface area contributed by atoms with Gasteiger partial charge in [-0.05, 0) is 45.9 Å². The van der Waals surface area contributed by atoms with Gasteiger partial charge in [0.2, 0.25) is 5.88 Å². The van der Waals surface area contributed by atoms with Gasteiger partial charge in [0.05, 0.1) is 11.6 Å². The number of nitrogens with zero attached hydrogens (tertiary/aromatic N) is 6. The zero-order valence-corrected chi connectivity index (χ0v) is 19.7. The maximum absolute atomic E-state index is 6.23. The lowest BCUT2D eigenvalue weighted by atomic mass is 10.0. The average molecular weight is 450 g/mol. The van der Waals surface area contributed by atoms with Crippen LogP contribution in [0.2, 0.25) is 0 Å². The van der Waals surface area contributed by atoms with Gasteiger partial charge in [-0.1, -0.05) is 0 Å². The molecule has 5 rings (SSSR count). The van der Waals surface area contributed by atoms with Crippen LogP contribution < -0.4 is 15.4 Å². The number of ether oxygens (including phenoxy) is 1. The molecule has 1 saturated heterocycles. The minimum atomic E-state index is -0.0729. The van der Waals surface area contributed by atoms with Gasteiger partial charge in [0, 0.05) is 50.0 Å². The van der Waals surface area contributed by atoms with E-state index in [1.165, 1.54) is 0 Å². The number of pyridine rings is 1. The third kappa shape index (κ3) is 4.26. The molecule has 4 aromatic heterocycles. The molecule has 0 aliphatic carbocycles. The number of hydrogen-bond acceptors (Lipinski definition) is 8. The highest BCUT2D eigenvalue weighted by molar-refractivity contribution is 5.92. The molecule has 0 unspecified atom stereocenters. The molecule has 0 amide bonds. The first-order valence-corrected chi connectivity index (χ1v) is 11.4. The second-order valence-corrected chi connectivity index (χ2v) is 9.68. The Morgan fingerprint density at radius 1 is 1.12 bits per heavy atom. The first kappa shape index (κ1) is 21.7. The molecule has 1 aliphatic heterocycles. The van der Waals surface area contributed by atoms with Crippen molar-refractivity contribution in [2.75, 3.05) is 37.7 Å². The molecule has 0 radical (unpaired) electrons. The molecule has 1 atom stereocenters. The molecule has 5 heterocycles. The topological polar surface area (TPSA) is 98.0 Å². The van der Waals surface area contributed by atoms with Gasteiger partial charge < -0.3 is 19.8 Å². The standard InChI is InChI=1S/C24H31N7O2/c1-16(25)15-32-22-6-5-21-27-14-18(31(21)28-22)20-13-17-19(33-20)7-8-26-23(17)29-9-11-30(12-10-29)24(2,3)4/h5-8,13-14,16H,9-12,15,25H2,1-4H3/t16-/m0/s1. The number of nitrogens with two attached hydrogens (primary N) is 1. The monoisotopic (exact) mass is 449 g/mol. The molecule has 33 heavy (non-hydrogen) atoms. The number of fused-ring (bicyclic) bond motifs is 2. The van der Waals surface area contributed by atoms with Crippen LogP contribution in [-0.4, -0.2) is 68.8 Å². The van der Waals surface area contributed by atoms with Crippen molar-refractivity contribution < 1.29 is 9.15 Å². The molecule has 9 heteroatoms. The fraction of sp³-hybridized carbons (Fsp3) is 0.458. The zero-order chi connectivity index (χ0) is 23.2. The van der Waals surface area contributed by atoms with Gasteiger partial charge in [0.1, 0.15) is 23.7 Å². The summed E-state index contributed by atoms with van der Waals surface area (Å²) in [7, 11) is 0. The molecule has 4 aromatic rings. The first-order chi connectivity index (χ1) is 15.8. The summed E-state index contributed by atoms with van der Waals surface area (Å²) < 4.78 is 13.7. The summed E-state index contributed by atoms with van der Waals surface area (Å²) >= 11 is 0. The third-order valence-corrected chi connectivity index (χ3v) is 6.04. The summed E-state index contributed by atoms with van der Waals surface area (Å²) in [4.78, 5) is 14.0. The van der Waals surface area contributed by atoms with E-state index in [4.69, 9.17) is 19.9 Å². The van der Waals surface area contributed by atoms with E-state index >= 15 is 0 Å². The Balaban J connectivity index is 1.46. The van der Waals surface area contributed by atoms with Crippen LogP contribution in [0.25, 0.3) is 28.1 Å². The number of furan rings is 1. The molecule has 0 bridgehead atoms. The molecular weight excluding hydrogens is 418 g/mol. The predicted molar refractivity (Wildman–Crippen MR) is 129 cm³/mol. The van der Waals surface area contributed by atoms with Gasteiger partial charge in [-0.25, -0.2) is 14.5 Å². The van der Waals surface area contributed by atoms with Gasteiger partial charge in [-0.3, -0.25) is 4.90 Å². The van der Waals surface area contributed by atoms with Crippen molar-refractivity contribution in [3.05, 3.63) is 36.7 Å². The van der Waals surface area contributed by atoms with Crippen LogP contribution in [0.3, 0.4) is 0 Å². The SMILES string of the molecule is C[C@H](N)COc1ccc2ncc(-c3cc4c(N5CCN(C(C)(C)C)CC5)nccc4o3)n2n1. The van der Waals surface area contributed by atoms with E-state index in [0.29, 0.717) is 18.2 Å². The third-order valence-electron chi connectivity index (χ3n) is 6.04. The van der Waals surface area contributed by atoms with E-state index in [1.807, 2.05) is 31.3 Å². The lowest BCUT2D eigenvalue weighted by Gasteiger charge is -2.42. The van der Waals surface area contributed by atoms with E-state index in [2.05, 4.69) is 40.7 Å². The predicted octanol–water partition coefficient (Wildman–Crippen LogP) is 3.18. The van der Waals surface area contributed by atoms with E-state index in [-0.39, 0.29) is 11.6 Å². The smallest absolute Gasteiger partial charge is 0.231 e. The Morgan fingerprint density at radius 2 is 1.91 bits per heavy atom. The maximum Gasteiger partial charge on any atom is 0.231 e. The van der Waals surface area contributed by atoms with Crippen LogP contribution in [0.1, 0.15) is 27.7 Å². The summed E-state index contributed by atoms with van der Waals surface area (Å²) in [6.07, 6.45) is 3.58. The highest BCUT2D eigenvalue weighted by atomic mass is 16.5. The molecule has 1 fully saturated rings. The van der Waals surface area contributed by atoms with Crippen molar-refractivity contribution in [3.63, 3.8) is 0 Å². The van der Waals surface area contributed by atoms with Crippen LogP contribution in [0, 0.1) is 0 Å². The largest absolute Gasteiger partial charge is 0.475 e. The highest BCUT2D eigenvalue weighted by Crippen LogP contribution is 2.33. The Kier molecular flexibility index (Phi) is 5.46. The number of hydrogen-bond donors (Lipinski definition) is 1. The van der Waals surface area contributed by atoms with Crippen molar-refractivity contribution in [2.24, 2.45) is 5.73 Å². The fourth-order valence-electron chi connectivity index (χ4n) is 4.23. The van der Waals surface area contributed by atoms with Crippen molar-refractivity contribution in [3.8, 4) is 17.3 Å². The van der Waals surface area contributed by atoms with Crippen LogP contribution in [-0.2, 0) is 0 Å². The summed E-state index contributed by atoms with van der Waals surface area (Å²) in [5, 5.41) is 5.58. The van der Waals surface area contributed by atoms with Crippen LogP contribution >= 0.6 is 0 Å². The normalized spacial score (nSPS) is 16.6. The quantitative estimate of drug-likeness (QED) is 0.496. The molecule has 9 nitrogen and oxygen atoms in total. The molecule has 174 valence electrons. The van der Waals surface area contributed by atoms with E-state index in [1.54, 1.807) is 16.8 Å². The number of piperazine rings is 1. The Bertz CT molecular complexity index is 1260. The summed E-state index contributed by atoms with van der Waals surface area (Å²) in [6.45, 7) is 13.0. The number of imidazole rings is 1. The maximum atomic E-state index is 6.23. The van der Waals surface area contributed by atoms with Crippen molar-refractivity contribution >= 4 is 22.4 Å². The Morgan fingerprint density at radius 3 is 2.64 bits per heavy atom. The van der Waals surface area contributed by atoms with Gasteiger partial charge >= 0.3 is 0 Å². The van der Waals surface area contributed by atoms with Gasteiger partial charge in [0.25, 0.3) is 0 Å². The lowest BCUT2D eigenvalue weighted by molar-refractivity contribution is 0.128. The van der Waals surface area contributed by atoms with Crippen LogP contribution in [0.4, 0.5) is 5.82 Å². The number of rotatable bonds is 5. The lowest BCUT2D eigenvalue weighted by Crippen LogP contribution is -2.53. The number of aromatic nitrogens is 4. The summed E-state index contributed by atoms with van der Waals surface area (Å²) in [6, 6.07) is 7.54. The molecular formula is C24H31N7O2. The summed E-state index contributed by atoms with van der Waals surface area (Å²) in [5.41, 5.74) is 8.25. The van der Waals surface area contributed by atoms with Crippen molar-refractivity contribution in [1.29, 1.82) is 0 Å².